The zero-order valence-corrected chi connectivity index (χ0v) is 13.3. The molecule has 5 nitrogen and oxygen atoms in total. The van der Waals surface area contributed by atoms with Crippen LogP contribution in [-0.4, -0.2) is 20.9 Å². The number of halogens is 2. The molecule has 0 saturated carbocycles. The summed E-state index contributed by atoms with van der Waals surface area (Å²) >= 11 is 13.2. The van der Waals surface area contributed by atoms with Gasteiger partial charge in [0.15, 0.2) is 5.13 Å². The highest BCUT2D eigenvalue weighted by molar-refractivity contribution is 7.13. The Morgan fingerprint density at radius 1 is 1.09 bits per heavy atom. The molecule has 1 aromatic carbocycles. The van der Waals surface area contributed by atoms with Crippen LogP contribution in [0, 0.1) is 0 Å². The summed E-state index contributed by atoms with van der Waals surface area (Å²) < 4.78 is 0. The van der Waals surface area contributed by atoms with Gasteiger partial charge in [0.25, 0.3) is 5.91 Å². The lowest BCUT2D eigenvalue weighted by Crippen LogP contribution is -2.13. The van der Waals surface area contributed by atoms with E-state index in [4.69, 9.17) is 23.2 Å². The first-order valence-corrected chi connectivity index (χ1v) is 7.75. The number of nitrogens with zero attached hydrogens (tertiary/aromatic N) is 3. The smallest absolute Gasteiger partial charge is 0.276 e. The summed E-state index contributed by atoms with van der Waals surface area (Å²) in [5, 5.41) is 5.84. The minimum atomic E-state index is -0.348. The van der Waals surface area contributed by atoms with Crippen LogP contribution in [0.25, 0.3) is 11.3 Å². The molecule has 0 radical (unpaired) electrons. The standard InChI is InChI=1S/C14H8Cl2N4OS/c15-9-2-1-8(5-10(9)16)11-6-12(19-7-18-11)13(21)20-14-17-3-4-22-14/h1-7H,(H,17,20,21). The highest BCUT2D eigenvalue weighted by Crippen LogP contribution is 2.27. The predicted molar refractivity (Wildman–Crippen MR) is 87.6 cm³/mol. The maximum Gasteiger partial charge on any atom is 0.276 e. The minimum Gasteiger partial charge on any atom is -0.296 e. The van der Waals surface area contributed by atoms with Crippen LogP contribution in [0.4, 0.5) is 5.13 Å². The molecule has 3 aromatic rings. The molecule has 0 aliphatic rings. The monoisotopic (exact) mass is 350 g/mol. The maximum atomic E-state index is 12.1. The van der Waals surface area contributed by atoms with Crippen LogP contribution in [0.1, 0.15) is 10.5 Å². The van der Waals surface area contributed by atoms with Crippen LogP contribution >= 0.6 is 34.5 Å². The molecule has 0 fully saturated rings. The van der Waals surface area contributed by atoms with Gasteiger partial charge >= 0.3 is 0 Å². The number of benzene rings is 1. The van der Waals surface area contributed by atoms with Crippen molar-refractivity contribution < 1.29 is 4.79 Å². The molecule has 0 unspecified atom stereocenters. The van der Waals surface area contributed by atoms with E-state index in [1.54, 1.807) is 35.8 Å². The van der Waals surface area contributed by atoms with Crippen molar-refractivity contribution in [1.82, 2.24) is 15.0 Å². The number of carbonyl (C=O) groups is 1. The number of hydrogen-bond donors (Lipinski definition) is 1. The van der Waals surface area contributed by atoms with E-state index in [9.17, 15) is 4.79 Å². The third kappa shape index (κ3) is 3.24. The number of nitrogens with one attached hydrogen (secondary N) is 1. The van der Waals surface area contributed by atoms with Crippen molar-refractivity contribution in [3.63, 3.8) is 0 Å². The van der Waals surface area contributed by atoms with Crippen LogP contribution in [0.15, 0.2) is 42.2 Å². The third-order valence-corrected chi connectivity index (χ3v) is 4.20. The molecule has 0 spiro atoms. The van der Waals surface area contributed by atoms with Gasteiger partial charge in [0, 0.05) is 17.1 Å². The van der Waals surface area contributed by atoms with E-state index < -0.39 is 0 Å². The lowest BCUT2D eigenvalue weighted by molar-refractivity contribution is 0.102. The van der Waals surface area contributed by atoms with Crippen molar-refractivity contribution in [2.75, 3.05) is 5.32 Å². The van der Waals surface area contributed by atoms with Gasteiger partial charge in [-0.25, -0.2) is 15.0 Å². The average Bonchev–Trinajstić information content (AvgIpc) is 3.03. The Bertz CT molecular complexity index is 823. The summed E-state index contributed by atoms with van der Waals surface area (Å²) in [6, 6.07) is 6.73. The van der Waals surface area contributed by atoms with Crippen molar-refractivity contribution in [2.24, 2.45) is 0 Å². The number of thiazole rings is 1. The molecule has 22 heavy (non-hydrogen) atoms. The summed E-state index contributed by atoms with van der Waals surface area (Å²) in [4.78, 5) is 24.3. The SMILES string of the molecule is O=C(Nc1nccs1)c1cc(-c2ccc(Cl)c(Cl)c2)ncn1. The van der Waals surface area contributed by atoms with E-state index >= 15 is 0 Å². The summed E-state index contributed by atoms with van der Waals surface area (Å²) in [7, 11) is 0. The number of rotatable bonds is 3. The third-order valence-electron chi connectivity index (χ3n) is 2.77. The lowest BCUT2D eigenvalue weighted by atomic mass is 10.1. The van der Waals surface area contributed by atoms with Crippen LogP contribution < -0.4 is 5.32 Å². The first-order valence-electron chi connectivity index (χ1n) is 6.12. The Morgan fingerprint density at radius 3 is 2.68 bits per heavy atom. The van der Waals surface area contributed by atoms with Gasteiger partial charge in [-0.15, -0.1) is 11.3 Å². The normalized spacial score (nSPS) is 10.5. The minimum absolute atomic E-state index is 0.242. The largest absolute Gasteiger partial charge is 0.296 e. The summed E-state index contributed by atoms with van der Waals surface area (Å²) in [6.45, 7) is 0. The van der Waals surface area contributed by atoms with Crippen LogP contribution in [0.5, 0.6) is 0 Å². The number of amides is 1. The zero-order chi connectivity index (χ0) is 15.5. The average molecular weight is 351 g/mol. The molecule has 0 atom stereocenters. The maximum absolute atomic E-state index is 12.1. The van der Waals surface area contributed by atoms with Gasteiger partial charge in [0.2, 0.25) is 0 Å². The van der Waals surface area contributed by atoms with Crippen LogP contribution in [0.2, 0.25) is 10.0 Å². The second-order valence-corrected chi connectivity index (χ2v) is 5.92. The van der Waals surface area contributed by atoms with Gasteiger partial charge in [-0.05, 0) is 18.2 Å². The van der Waals surface area contributed by atoms with Gasteiger partial charge < -0.3 is 0 Å². The summed E-state index contributed by atoms with van der Waals surface area (Å²) in [6.07, 6.45) is 2.94. The highest BCUT2D eigenvalue weighted by atomic mass is 35.5. The molecule has 2 aromatic heterocycles. The Morgan fingerprint density at radius 2 is 1.95 bits per heavy atom. The quantitative estimate of drug-likeness (QED) is 0.769. The fourth-order valence-electron chi connectivity index (χ4n) is 1.74. The van der Waals surface area contributed by atoms with Gasteiger partial charge in [-0.3, -0.25) is 10.1 Å². The predicted octanol–water partition coefficient (Wildman–Crippen LogP) is 4.16. The Kier molecular flexibility index (Phi) is 4.33. The number of carbonyl (C=O) groups excluding carboxylic acids is 1. The molecule has 2 heterocycles. The lowest BCUT2D eigenvalue weighted by Gasteiger charge is -2.05. The second-order valence-electron chi connectivity index (χ2n) is 4.21. The van der Waals surface area contributed by atoms with Crippen molar-refractivity contribution >= 4 is 45.6 Å². The molecule has 3 rings (SSSR count). The number of aromatic nitrogens is 3. The van der Waals surface area contributed by atoms with Crippen molar-refractivity contribution in [2.45, 2.75) is 0 Å². The van der Waals surface area contributed by atoms with Crippen molar-refractivity contribution in [1.29, 1.82) is 0 Å². The molecule has 0 bridgehead atoms. The molecule has 1 N–H and O–H groups in total. The topological polar surface area (TPSA) is 67.8 Å². The molecular weight excluding hydrogens is 343 g/mol. The Hall–Kier alpha value is -2.02. The molecule has 1 amide bonds. The van der Waals surface area contributed by atoms with Gasteiger partial charge in [0.05, 0.1) is 15.7 Å². The second kappa shape index (κ2) is 6.39. The Labute approximate surface area is 140 Å². The van der Waals surface area contributed by atoms with Crippen molar-refractivity contribution in [3.05, 3.63) is 57.9 Å². The van der Waals surface area contributed by atoms with Crippen LogP contribution in [0.3, 0.4) is 0 Å². The Balaban J connectivity index is 1.88. The number of hydrogen-bond acceptors (Lipinski definition) is 5. The molecule has 110 valence electrons. The molecule has 0 aliphatic carbocycles. The van der Waals surface area contributed by atoms with Gasteiger partial charge in [-0.2, -0.15) is 0 Å². The summed E-state index contributed by atoms with van der Waals surface area (Å²) in [5.41, 5.74) is 1.57. The van der Waals surface area contributed by atoms with E-state index in [0.29, 0.717) is 20.9 Å². The van der Waals surface area contributed by atoms with E-state index in [2.05, 4.69) is 20.3 Å². The van der Waals surface area contributed by atoms with Gasteiger partial charge in [0.1, 0.15) is 12.0 Å². The van der Waals surface area contributed by atoms with Gasteiger partial charge in [-0.1, -0.05) is 29.3 Å². The summed E-state index contributed by atoms with van der Waals surface area (Å²) in [5.74, 6) is -0.348. The first-order chi connectivity index (χ1) is 10.6. The fourth-order valence-corrected chi connectivity index (χ4v) is 2.56. The van der Waals surface area contributed by atoms with Crippen LogP contribution in [-0.2, 0) is 0 Å². The molecule has 8 heteroatoms. The van der Waals surface area contributed by atoms with E-state index in [1.807, 2.05) is 0 Å². The van der Waals surface area contributed by atoms with Crippen molar-refractivity contribution in [3.8, 4) is 11.3 Å². The highest BCUT2D eigenvalue weighted by Gasteiger charge is 2.12. The van der Waals surface area contributed by atoms with E-state index in [-0.39, 0.29) is 11.6 Å². The first kappa shape index (κ1) is 14.9. The molecular formula is C14H8Cl2N4OS. The molecule has 0 aliphatic heterocycles. The molecule has 0 saturated heterocycles. The zero-order valence-electron chi connectivity index (χ0n) is 11.0. The van der Waals surface area contributed by atoms with E-state index in [0.717, 1.165) is 5.56 Å². The van der Waals surface area contributed by atoms with E-state index in [1.165, 1.54) is 17.7 Å². The number of anilines is 1. The fraction of sp³-hybridized carbons (Fsp3) is 0.